The normalized spacial score (nSPS) is 20.7. The molecule has 5 heterocycles. The first-order valence-electron chi connectivity index (χ1n) is 17.4. The molecule has 0 unspecified atom stereocenters. The molecule has 2 fully saturated rings. The van der Waals surface area contributed by atoms with Crippen LogP contribution in [0.25, 0.3) is 32.9 Å². The van der Waals surface area contributed by atoms with Crippen molar-refractivity contribution in [2.75, 3.05) is 47.4 Å². The Kier molecular flexibility index (Phi) is 10.0. The van der Waals surface area contributed by atoms with Crippen LogP contribution in [0.3, 0.4) is 0 Å². The third-order valence-corrected chi connectivity index (χ3v) is 11.2. The number of likely N-dealkylation sites (tertiary alicyclic amines) is 2. The number of nitriles is 1. The van der Waals surface area contributed by atoms with Crippen molar-refractivity contribution in [3.8, 4) is 23.1 Å². The summed E-state index contributed by atoms with van der Waals surface area (Å²) in [7, 11) is 5.96. The Hall–Kier alpha value is -4.08. The molecular weight excluding hydrogens is 690 g/mol. The molecule has 1 amide bonds. The van der Waals surface area contributed by atoms with E-state index in [4.69, 9.17) is 38.0 Å². The molecule has 0 spiro atoms. The van der Waals surface area contributed by atoms with Gasteiger partial charge in [0, 0.05) is 59.0 Å². The Labute approximate surface area is 307 Å². The highest BCUT2D eigenvalue weighted by molar-refractivity contribution is 6.36. The second-order valence-electron chi connectivity index (χ2n) is 14.1. The van der Waals surface area contributed by atoms with Crippen molar-refractivity contribution < 1.29 is 13.9 Å². The third kappa shape index (κ3) is 6.59. The minimum Gasteiger partial charge on any atom is -0.475 e. The fourth-order valence-electron chi connectivity index (χ4n) is 7.79. The Bertz CT molecular complexity index is 2120. The number of fused-ring (bicyclic) bond motifs is 4. The van der Waals surface area contributed by atoms with Gasteiger partial charge in [-0.05, 0) is 89.1 Å². The van der Waals surface area contributed by atoms with E-state index >= 15 is 4.39 Å². The summed E-state index contributed by atoms with van der Waals surface area (Å²) in [5.41, 5.74) is 4.01. The van der Waals surface area contributed by atoms with Crippen molar-refractivity contribution in [3.63, 3.8) is 0 Å². The molecule has 2 aromatic heterocycles. The van der Waals surface area contributed by atoms with Crippen molar-refractivity contribution in [2.45, 2.75) is 63.7 Å². The van der Waals surface area contributed by atoms with Crippen LogP contribution in [-0.4, -0.2) is 101 Å². The average Bonchev–Trinajstić information content (AvgIpc) is 3.86. The number of piperidine rings is 1. The number of carbonyl (C=O) groups excluding carboxylic acids is 1. The summed E-state index contributed by atoms with van der Waals surface area (Å²) in [6.45, 7) is 4.80. The van der Waals surface area contributed by atoms with Gasteiger partial charge in [0.25, 0.3) is 0 Å². The van der Waals surface area contributed by atoms with Crippen molar-refractivity contribution in [1.82, 2.24) is 29.5 Å². The van der Waals surface area contributed by atoms with Gasteiger partial charge in [-0.15, -0.1) is 0 Å². The number of halogens is 3. The summed E-state index contributed by atoms with van der Waals surface area (Å²) in [6, 6.07) is 5.64. The number of benzene rings is 2. The second-order valence-corrected chi connectivity index (χ2v) is 14.9. The third-order valence-electron chi connectivity index (χ3n) is 10.5. The van der Waals surface area contributed by atoms with Gasteiger partial charge in [-0.25, -0.2) is 9.37 Å². The van der Waals surface area contributed by atoms with E-state index in [1.54, 1.807) is 29.5 Å². The lowest BCUT2D eigenvalue weighted by molar-refractivity contribution is -0.130. The van der Waals surface area contributed by atoms with Crippen LogP contribution in [0.1, 0.15) is 54.8 Å². The molecule has 3 aliphatic rings. The number of hydrogen-bond acceptors (Lipinski definition) is 8. The molecule has 13 heteroatoms. The molecule has 7 rings (SSSR count). The summed E-state index contributed by atoms with van der Waals surface area (Å²) < 4.78 is 25.6. The minimum absolute atomic E-state index is 0.114. The summed E-state index contributed by atoms with van der Waals surface area (Å²) in [4.78, 5) is 28.5. The number of amides is 1. The van der Waals surface area contributed by atoms with E-state index in [1.165, 1.54) is 0 Å². The maximum absolute atomic E-state index is 17.2. The fraction of sp³-hybridized carbons (Fsp3) is 0.447. The van der Waals surface area contributed by atoms with Crippen molar-refractivity contribution in [3.05, 3.63) is 63.0 Å². The van der Waals surface area contributed by atoms with Gasteiger partial charge in [-0.3, -0.25) is 14.5 Å². The molecule has 0 saturated carbocycles. The number of rotatable bonds is 9. The summed E-state index contributed by atoms with van der Waals surface area (Å²) >= 11 is 13.7. The van der Waals surface area contributed by atoms with Gasteiger partial charge in [0.2, 0.25) is 11.8 Å². The molecule has 0 aliphatic carbocycles. The van der Waals surface area contributed by atoms with E-state index in [1.807, 2.05) is 42.7 Å². The van der Waals surface area contributed by atoms with E-state index < -0.39 is 5.82 Å². The van der Waals surface area contributed by atoms with E-state index in [-0.39, 0.29) is 46.6 Å². The minimum atomic E-state index is -0.574. The number of aromatic nitrogens is 3. The molecule has 0 radical (unpaired) electrons. The summed E-state index contributed by atoms with van der Waals surface area (Å²) in [6.07, 6.45) is 10.3. The summed E-state index contributed by atoms with van der Waals surface area (Å²) in [5, 5.41) is 16.5. The molecule has 2 aromatic carbocycles. The first kappa shape index (κ1) is 35.3. The van der Waals surface area contributed by atoms with Crippen LogP contribution in [0.4, 0.5) is 4.39 Å². The topological polar surface area (TPSA) is 103 Å². The molecule has 0 N–H and O–H groups in total. The molecule has 266 valence electrons. The molecule has 10 nitrogen and oxygen atoms in total. The number of nitrogens with zero attached hydrogens (tertiary/aromatic N) is 8. The van der Waals surface area contributed by atoms with E-state index in [0.29, 0.717) is 77.4 Å². The number of carbonyl (C=O) groups is 1. The van der Waals surface area contributed by atoms with Crippen molar-refractivity contribution in [1.29, 1.82) is 5.26 Å². The van der Waals surface area contributed by atoms with Crippen molar-refractivity contribution >= 4 is 57.1 Å². The highest BCUT2D eigenvalue weighted by atomic mass is 35.5. The van der Waals surface area contributed by atoms with Crippen LogP contribution in [0, 0.1) is 24.1 Å². The molecule has 4 aromatic rings. The van der Waals surface area contributed by atoms with Crippen LogP contribution >= 0.6 is 23.2 Å². The van der Waals surface area contributed by atoms with Gasteiger partial charge < -0.3 is 19.4 Å². The van der Waals surface area contributed by atoms with E-state index in [9.17, 15) is 10.1 Å². The molecule has 3 atom stereocenters. The molecule has 0 bridgehead atoms. The number of pyridine rings is 1. The standard InChI is InChI=1S/C38H41Cl2FN8O2/c1-22-30(39)15-23-18-43-19-28(23)33(22)34-31(40)17-27-36(35(34)41)45-38(51-21-26-7-5-13-47(26)4)29-20-44-49(37(27)29)25-10-14-48(24(16-25)9-11-42)32(50)8-6-12-46(2)3/h6,8,15,17,19-20,24-26H,5,7,9-10,12-14,16,18,21H2,1-4H3/b8-6+/t24-,25+,26+/m1/s1. The lowest BCUT2D eigenvalue weighted by Gasteiger charge is -2.38. The van der Waals surface area contributed by atoms with Crippen LogP contribution in [-0.2, 0) is 11.3 Å². The largest absolute Gasteiger partial charge is 0.475 e. The zero-order valence-electron chi connectivity index (χ0n) is 29.3. The van der Waals surface area contributed by atoms with Gasteiger partial charge in [-0.2, -0.15) is 10.4 Å². The molecule has 3 aliphatic heterocycles. The van der Waals surface area contributed by atoms with Crippen LogP contribution in [0.2, 0.25) is 10.0 Å². The summed E-state index contributed by atoms with van der Waals surface area (Å²) in [5.74, 6) is -0.384. The predicted molar refractivity (Wildman–Crippen MR) is 199 cm³/mol. The molecule has 51 heavy (non-hydrogen) atoms. The Balaban J connectivity index is 1.35. The number of hydrogen-bond donors (Lipinski definition) is 0. The number of likely N-dealkylation sites (N-methyl/N-ethyl adjacent to an activating group) is 2. The average molecular weight is 732 g/mol. The number of aliphatic imine (C=N–C) groups is 1. The maximum atomic E-state index is 17.2. The zero-order chi connectivity index (χ0) is 36.0. The van der Waals surface area contributed by atoms with Gasteiger partial charge in [-0.1, -0.05) is 29.3 Å². The lowest BCUT2D eigenvalue weighted by atomic mass is 9.91. The molecule has 2 saturated heterocycles. The van der Waals surface area contributed by atoms with Crippen LogP contribution < -0.4 is 4.74 Å². The Morgan fingerprint density at radius 1 is 1.16 bits per heavy atom. The maximum Gasteiger partial charge on any atom is 0.246 e. The Morgan fingerprint density at radius 3 is 2.73 bits per heavy atom. The van der Waals surface area contributed by atoms with Crippen LogP contribution in [0.5, 0.6) is 5.88 Å². The second kappa shape index (κ2) is 14.5. The monoisotopic (exact) mass is 730 g/mol. The predicted octanol–water partition coefficient (Wildman–Crippen LogP) is 6.97. The Morgan fingerprint density at radius 2 is 1.98 bits per heavy atom. The highest BCUT2D eigenvalue weighted by Gasteiger charge is 2.34. The SMILES string of the molecule is Cc1c(Cl)cc2c(c1-c1c(Cl)cc3c(nc(OC[C@@H]4CCCN4C)c4cnn([C@H]5CCN(C(=O)/C=C/CN(C)C)[C@H](CC#N)C5)c43)c1F)C=NC2. The lowest BCUT2D eigenvalue weighted by Crippen LogP contribution is -2.46. The van der Waals surface area contributed by atoms with Gasteiger partial charge in [0.15, 0.2) is 5.82 Å². The van der Waals surface area contributed by atoms with E-state index in [0.717, 1.165) is 30.5 Å². The van der Waals surface area contributed by atoms with Crippen molar-refractivity contribution in [2.24, 2.45) is 4.99 Å². The van der Waals surface area contributed by atoms with Gasteiger partial charge in [0.1, 0.15) is 12.1 Å². The number of ether oxygens (including phenoxy) is 1. The first-order chi connectivity index (χ1) is 24.6. The highest BCUT2D eigenvalue weighted by Crippen LogP contribution is 2.45. The quantitative estimate of drug-likeness (QED) is 0.171. The molecular formula is C38H41Cl2FN8O2. The van der Waals surface area contributed by atoms with Crippen LogP contribution in [0.15, 0.2) is 35.5 Å². The van der Waals surface area contributed by atoms with E-state index in [2.05, 4.69) is 23.0 Å². The van der Waals surface area contributed by atoms with Gasteiger partial charge in [0.05, 0.1) is 47.2 Å². The smallest absolute Gasteiger partial charge is 0.246 e. The first-order valence-corrected chi connectivity index (χ1v) is 18.2. The zero-order valence-corrected chi connectivity index (χ0v) is 30.8. The van der Waals surface area contributed by atoms with Gasteiger partial charge >= 0.3 is 0 Å². The fourth-order valence-corrected chi connectivity index (χ4v) is 8.30.